The summed E-state index contributed by atoms with van der Waals surface area (Å²) in [6, 6.07) is 10.7. The van der Waals surface area contributed by atoms with E-state index < -0.39 is 0 Å². The molecule has 0 fully saturated rings. The van der Waals surface area contributed by atoms with E-state index in [4.69, 9.17) is 0 Å². The highest BCUT2D eigenvalue weighted by Crippen LogP contribution is 2.24. The molecule has 17 heavy (non-hydrogen) atoms. The number of nitrogens with zero attached hydrogens (tertiary/aromatic N) is 1. The van der Waals surface area contributed by atoms with Gasteiger partial charge in [0.2, 0.25) is 0 Å². The van der Waals surface area contributed by atoms with Crippen molar-refractivity contribution in [3.8, 4) is 11.3 Å². The van der Waals surface area contributed by atoms with E-state index in [2.05, 4.69) is 61.8 Å². The van der Waals surface area contributed by atoms with Gasteiger partial charge in [0.15, 0.2) is 0 Å². The second-order valence-corrected chi connectivity index (χ2v) is 4.73. The predicted octanol–water partition coefficient (Wildman–Crippen LogP) is 4.10. The van der Waals surface area contributed by atoms with Gasteiger partial charge in [-0.25, -0.2) is 0 Å². The predicted molar refractivity (Wildman–Crippen MR) is 76.6 cm³/mol. The minimum absolute atomic E-state index is 0.742. The number of pyridine rings is 1. The molecule has 1 heterocycles. The Hall–Kier alpha value is -1.28. The summed E-state index contributed by atoms with van der Waals surface area (Å²) < 4.78 is 0. The van der Waals surface area contributed by atoms with Gasteiger partial charge in [-0.1, -0.05) is 23.8 Å². The van der Waals surface area contributed by atoms with Gasteiger partial charge < -0.3 is 0 Å². The number of hydrogen-bond acceptors (Lipinski definition) is 2. The Labute approximate surface area is 108 Å². The third-order valence-electron chi connectivity index (χ3n) is 3.03. The Kier molecular flexibility index (Phi) is 3.53. The number of hydrogen-bond donors (Lipinski definition) is 1. The maximum atomic E-state index is 4.67. The number of thiol groups is 1. The Morgan fingerprint density at radius 1 is 1.06 bits per heavy atom. The summed E-state index contributed by atoms with van der Waals surface area (Å²) in [5.74, 6) is 0.742. The molecule has 0 aliphatic rings. The zero-order valence-electron chi connectivity index (χ0n) is 10.5. The van der Waals surface area contributed by atoms with Crippen molar-refractivity contribution in [2.75, 3.05) is 0 Å². The fourth-order valence-corrected chi connectivity index (χ4v) is 2.25. The molecule has 2 aromatic rings. The van der Waals surface area contributed by atoms with Crippen LogP contribution in [0.4, 0.5) is 0 Å². The first-order valence-corrected chi connectivity index (χ1v) is 6.40. The molecule has 1 nitrogen and oxygen atoms in total. The van der Waals surface area contributed by atoms with Crippen molar-refractivity contribution < 1.29 is 0 Å². The molecule has 0 radical (unpaired) electrons. The first-order valence-electron chi connectivity index (χ1n) is 5.77. The molecule has 0 saturated heterocycles. The van der Waals surface area contributed by atoms with Crippen LogP contribution in [0.2, 0.25) is 0 Å². The third-order valence-corrected chi connectivity index (χ3v) is 3.38. The largest absolute Gasteiger partial charge is 0.253 e. The van der Waals surface area contributed by atoms with Crippen LogP contribution in [0, 0.1) is 20.8 Å². The molecule has 0 aliphatic heterocycles. The van der Waals surface area contributed by atoms with Gasteiger partial charge in [-0.05, 0) is 44.0 Å². The lowest BCUT2D eigenvalue weighted by atomic mass is 10.0. The lowest BCUT2D eigenvalue weighted by Gasteiger charge is -2.09. The molecular formula is C15H17NS. The van der Waals surface area contributed by atoms with E-state index >= 15 is 0 Å². The van der Waals surface area contributed by atoms with Crippen LogP contribution in [0.5, 0.6) is 0 Å². The monoisotopic (exact) mass is 243 g/mol. The fraction of sp³-hybridized carbons (Fsp3) is 0.267. The van der Waals surface area contributed by atoms with Gasteiger partial charge >= 0.3 is 0 Å². The average molecular weight is 243 g/mol. The van der Waals surface area contributed by atoms with E-state index in [0.29, 0.717) is 0 Å². The minimum Gasteiger partial charge on any atom is -0.253 e. The highest BCUT2D eigenvalue weighted by atomic mass is 32.1. The molecule has 0 amide bonds. The first-order chi connectivity index (χ1) is 8.11. The van der Waals surface area contributed by atoms with Crippen LogP contribution in [0.15, 0.2) is 30.3 Å². The highest BCUT2D eigenvalue weighted by molar-refractivity contribution is 7.79. The molecule has 88 valence electrons. The van der Waals surface area contributed by atoms with Crippen LogP contribution >= 0.6 is 12.6 Å². The molecule has 0 N–H and O–H groups in total. The second kappa shape index (κ2) is 4.92. The molecule has 0 spiro atoms. The summed E-state index contributed by atoms with van der Waals surface area (Å²) in [7, 11) is 0. The van der Waals surface area contributed by atoms with Crippen LogP contribution in [0.3, 0.4) is 0 Å². The molecule has 1 aromatic heterocycles. The van der Waals surface area contributed by atoms with Crippen molar-refractivity contribution in [1.29, 1.82) is 0 Å². The van der Waals surface area contributed by atoms with Crippen molar-refractivity contribution >= 4 is 12.6 Å². The Balaban J connectivity index is 2.53. The summed E-state index contributed by atoms with van der Waals surface area (Å²) >= 11 is 4.30. The maximum Gasteiger partial charge on any atom is 0.0708 e. The summed E-state index contributed by atoms with van der Waals surface area (Å²) in [5.41, 5.74) is 7.07. The van der Waals surface area contributed by atoms with E-state index in [0.717, 1.165) is 17.1 Å². The summed E-state index contributed by atoms with van der Waals surface area (Å²) in [4.78, 5) is 4.67. The van der Waals surface area contributed by atoms with Crippen molar-refractivity contribution in [3.05, 3.63) is 52.7 Å². The Morgan fingerprint density at radius 3 is 2.47 bits per heavy atom. The standard InChI is InChI=1S/C15H17NS/c1-10-4-5-11(2)14(8-10)15-7-6-13(9-17)12(3)16-15/h4-8,17H,9H2,1-3H3. The van der Waals surface area contributed by atoms with Gasteiger partial charge in [0, 0.05) is 17.0 Å². The summed E-state index contributed by atoms with van der Waals surface area (Å²) in [5, 5.41) is 0. The summed E-state index contributed by atoms with van der Waals surface area (Å²) in [6.07, 6.45) is 0. The average Bonchev–Trinajstić information content (AvgIpc) is 2.32. The maximum absolute atomic E-state index is 4.67. The Bertz CT molecular complexity index is 547. The SMILES string of the molecule is Cc1ccc(C)c(-c2ccc(CS)c(C)n2)c1. The lowest BCUT2D eigenvalue weighted by Crippen LogP contribution is -1.94. The normalized spacial score (nSPS) is 10.6. The van der Waals surface area contributed by atoms with E-state index in [-0.39, 0.29) is 0 Å². The minimum atomic E-state index is 0.742. The molecule has 0 aliphatic carbocycles. The first kappa shape index (κ1) is 12.2. The molecule has 2 rings (SSSR count). The third kappa shape index (κ3) is 2.52. The number of aryl methyl sites for hydroxylation is 3. The van der Waals surface area contributed by atoms with E-state index in [1.54, 1.807) is 0 Å². The van der Waals surface area contributed by atoms with E-state index in [1.807, 2.05) is 6.92 Å². The van der Waals surface area contributed by atoms with Gasteiger partial charge in [0.1, 0.15) is 0 Å². The quantitative estimate of drug-likeness (QED) is 0.783. The van der Waals surface area contributed by atoms with Crippen molar-refractivity contribution in [2.45, 2.75) is 26.5 Å². The molecule has 0 atom stereocenters. The van der Waals surface area contributed by atoms with Gasteiger partial charge in [-0.2, -0.15) is 12.6 Å². The molecule has 0 bridgehead atoms. The smallest absolute Gasteiger partial charge is 0.0708 e. The van der Waals surface area contributed by atoms with Gasteiger partial charge in [0.05, 0.1) is 5.69 Å². The molecule has 1 aromatic carbocycles. The zero-order chi connectivity index (χ0) is 12.4. The van der Waals surface area contributed by atoms with Gasteiger partial charge in [-0.3, -0.25) is 4.98 Å². The number of aromatic nitrogens is 1. The second-order valence-electron chi connectivity index (χ2n) is 4.42. The van der Waals surface area contributed by atoms with Crippen LogP contribution in [-0.2, 0) is 5.75 Å². The van der Waals surface area contributed by atoms with Crippen molar-refractivity contribution in [2.24, 2.45) is 0 Å². The molecule has 0 unspecified atom stereocenters. The van der Waals surface area contributed by atoms with Crippen LogP contribution < -0.4 is 0 Å². The highest BCUT2D eigenvalue weighted by Gasteiger charge is 2.06. The molecule has 2 heteroatoms. The van der Waals surface area contributed by atoms with Crippen LogP contribution in [-0.4, -0.2) is 4.98 Å². The van der Waals surface area contributed by atoms with Gasteiger partial charge in [-0.15, -0.1) is 0 Å². The Morgan fingerprint density at radius 2 is 1.82 bits per heavy atom. The van der Waals surface area contributed by atoms with E-state index in [9.17, 15) is 0 Å². The lowest BCUT2D eigenvalue weighted by molar-refractivity contribution is 1.14. The number of rotatable bonds is 2. The van der Waals surface area contributed by atoms with Crippen LogP contribution in [0.1, 0.15) is 22.4 Å². The fourth-order valence-electron chi connectivity index (χ4n) is 1.92. The number of benzene rings is 1. The summed E-state index contributed by atoms with van der Waals surface area (Å²) in [6.45, 7) is 6.27. The van der Waals surface area contributed by atoms with E-state index in [1.165, 1.54) is 22.3 Å². The van der Waals surface area contributed by atoms with Crippen molar-refractivity contribution in [1.82, 2.24) is 4.98 Å². The molecular weight excluding hydrogens is 226 g/mol. The molecule has 0 saturated carbocycles. The van der Waals surface area contributed by atoms with Gasteiger partial charge in [0.25, 0.3) is 0 Å². The van der Waals surface area contributed by atoms with Crippen LogP contribution in [0.25, 0.3) is 11.3 Å². The zero-order valence-corrected chi connectivity index (χ0v) is 11.4. The van der Waals surface area contributed by atoms with Crippen molar-refractivity contribution in [3.63, 3.8) is 0 Å². The topological polar surface area (TPSA) is 12.9 Å².